The first-order chi connectivity index (χ1) is 9.19. The molecule has 2 N–H and O–H groups in total. The zero-order chi connectivity index (χ0) is 13.7. The second-order valence-electron chi connectivity index (χ2n) is 3.86. The topological polar surface area (TPSA) is 83.0 Å². The van der Waals surface area contributed by atoms with E-state index in [1.165, 1.54) is 10.7 Å². The summed E-state index contributed by atoms with van der Waals surface area (Å²) in [5, 5.41) is 7.45. The van der Waals surface area contributed by atoms with Crippen LogP contribution in [0.5, 0.6) is 0 Å². The average Bonchev–Trinajstić information content (AvgIpc) is 2.85. The van der Waals surface area contributed by atoms with Crippen LogP contribution in [0.4, 0.5) is 4.39 Å². The zero-order valence-corrected chi connectivity index (χ0v) is 10.1. The minimum atomic E-state index is -0.517. The van der Waals surface area contributed by atoms with Crippen LogP contribution in [0.15, 0.2) is 30.5 Å². The highest BCUT2D eigenvalue weighted by Crippen LogP contribution is 2.07. The van der Waals surface area contributed by atoms with E-state index < -0.39 is 11.8 Å². The van der Waals surface area contributed by atoms with Crippen molar-refractivity contribution in [2.45, 2.75) is 19.7 Å². The van der Waals surface area contributed by atoms with Crippen molar-refractivity contribution in [3.63, 3.8) is 0 Å². The van der Waals surface area contributed by atoms with Crippen molar-refractivity contribution in [2.75, 3.05) is 0 Å². The Hall–Kier alpha value is -2.28. The molecule has 0 aliphatic rings. The molecule has 0 spiro atoms. The van der Waals surface area contributed by atoms with Gasteiger partial charge in [-0.25, -0.2) is 9.07 Å². The van der Waals surface area contributed by atoms with E-state index >= 15 is 0 Å². The van der Waals surface area contributed by atoms with Gasteiger partial charge in [-0.05, 0) is 6.07 Å². The Morgan fingerprint density at radius 2 is 2.21 bits per heavy atom. The average molecular weight is 264 g/mol. The molecule has 0 aliphatic carbocycles. The Labute approximate surface area is 109 Å². The summed E-state index contributed by atoms with van der Waals surface area (Å²) in [5.41, 5.74) is 6.29. The van der Waals surface area contributed by atoms with Crippen molar-refractivity contribution < 1.29 is 13.9 Å². The molecule has 2 rings (SSSR count). The van der Waals surface area contributed by atoms with Crippen LogP contribution in [0.2, 0.25) is 0 Å². The lowest BCUT2D eigenvalue weighted by atomic mass is 10.2. The number of nitrogens with two attached hydrogens (primary N) is 1. The van der Waals surface area contributed by atoms with Crippen LogP contribution in [0.25, 0.3) is 0 Å². The number of carbonyl (C=O) groups excluding carboxylic acids is 1. The van der Waals surface area contributed by atoms with Gasteiger partial charge in [-0.2, -0.15) is 0 Å². The van der Waals surface area contributed by atoms with Crippen LogP contribution < -0.4 is 5.73 Å². The zero-order valence-electron chi connectivity index (χ0n) is 10.1. The third kappa shape index (κ3) is 3.59. The number of halogens is 1. The third-order valence-corrected chi connectivity index (χ3v) is 2.43. The van der Waals surface area contributed by atoms with Gasteiger partial charge in [0.05, 0.1) is 11.9 Å². The maximum atomic E-state index is 13.3. The van der Waals surface area contributed by atoms with Gasteiger partial charge in [0.25, 0.3) is 0 Å². The molecular formula is C12H13FN4O2. The molecule has 0 aliphatic heterocycles. The lowest BCUT2D eigenvalue weighted by molar-refractivity contribution is -0.146. The number of hydrogen-bond acceptors (Lipinski definition) is 5. The monoisotopic (exact) mass is 264 g/mol. The molecule has 0 saturated heterocycles. The van der Waals surface area contributed by atoms with Gasteiger partial charge in [0.2, 0.25) is 0 Å². The lowest BCUT2D eigenvalue weighted by Crippen LogP contribution is -2.14. The summed E-state index contributed by atoms with van der Waals surface area (Å²) >= 11 is 0. The molecule has 2 aromatic rings. The van der Waals surface area contributed by atoms with Crippen molar-refractivity contribution in [1.29, 1.82) is 0 Å². The predicted octanol–water partition coefficient (Wildman–Crippen LogP) is 0.619. The highest BCUT2D eigenvalue weighted by Gasteiger charge is 2.08. The quantitative estimate of drug-likeness (QED) is 0.800. The lowest BCUT2D eigenvalue weighted by Gasteiger charge is -2.05. The summed E-state index contributed by atoms with van der Waals surface area (Å²) < 4.78 is 19.6. The van der Waals surface area contributed by atoms with Crippen molar-refractivity contribution in [2.24, 2.45) is 5.73 Å². The van der Waals surface area contributed by atoms with Crippen molar-refractivity contribution >= 4 is 5.97 Å². The number of ether oxygens (including phenoxy) is 1. The van der Waals surface area contributed by atoms with Gasteiger partial charge in [-0.15, -0.1) is 5.10 Å². The summed E-state index contributed by atoms with van der Waals surface area (Å²) in [5.74, 6) is -0.918. The number of carbonyl (C=O) groups is 1. The largest absolute Gasteiger partial charge is 0.459 e. The molecule has 0 radical (unpaired) electrons. The first-order valence-corrected chi connectivity index (χ1v) is 5.67. The summed E-state index contributed by atoms with van der Waals surface area (Å²) in [7, 11) is 0. The number of nitrogens with zero attached hydrogens (tertiary/aromatic N) is 3. The summed E-state index contributed by atoms with van der Waals surface area (Å²) in [4.78, 5) is 11.5. The fourth-order valence-electron chi connectivity index (χ4n) is 1.46. The van der Waals surface area contributed by atoms with E-state index in [1.807, 2.05) is 0 Å². The molecule has 0 bridgehead atoms. The molecule has 7 heteroatoms. The summed E-state index contributed by atoms with van der Waals surface area (Å²) in [6.45, 7) is 0.0652. The Morgan fingerprint density at radius 3 is 2.89 bits per heavy atom. The molecule has 100 valence electrons. The molecule has 1 aromatic carbocycles. The van der Waals surface area contributed by atoms with Crippen LogP contribution in [-0.2, 0) is 29.2 Å². The van der Waals surface area contributed by atoms with Crippen LogP contribution in [0.1, 0.15) is 11.3 Å². The smallest absolute Gasteiger partial charge is 0.328 e. The van der Waals surface area contributed by atoms with E-state index in [-0.39, 0.29) is 19.7 Å². The first-order valence-electron chi connectivity index (χ1n) is 5.67. The summed E-state index contributed by atoms with van der Waals surface area (Å²) in [6, 6.07) is 6.13. The molecular weight excluding hydrogens is 251 g/mol. The van der Waals surface area contributed by atoms with Crippen LogP contribution in [0, 0.1) is 5.82 Å². The van der Waals surface area contributed by atoms with Gasteiger partial charge >= 0.3 is 5.97 Å². The van der Waals surface area contributed by atoms with Crippen LogP contribution in [-0.4, -0.2) is 21.0 Å². The molecule has 1 heterocycles. The number of rotatable bonds is 5. The standard InChI is InChI=1S/C12H13FN4O2/c13-11-4-2-1-3-9(11)8-19-12(18)7-17-6-10(5-14)15-16-17/h1-4,6H,5,7-8,14H2. The van der Waals surface area contributed by atoms with Gasteiger partial charge in [-0.1, -0.05) is 23.4 Å². The number of esters is 1. The highest BCUT2D eigenvalue weighted by molar-refractivity contribution is 5.69. The number of aromatic nitrogens is 3. The molecule has 0 amide bonds. The van der Waals surface area contributed by atoms with Gasteiger partial charge in [0.1, 0.15) is 19.0 Å². The Balaban J connectivity index is 1.86. The van der Waals surface area contributed by atoms with Crippen LogP contribution >= 0.6 is 0 Å². The van der Waals surface area contributed by atoms with Gasteiger partial charge in [0, 0.05) is 12.1 Å². The predicted molar refractivity (Wildman–Crippen MR) is 64.1 cm³/mol. The van der Waals surface area contributed by atoms with Crippen molar-refractivity contribution in [3.8, 4) is 0 Å². The van der Waals surface area contributed by atoms with E-state index in [0.29, 0.717) is 11.3 Å². The Kier molecular flexibility index (Phi) is 4.19. The Morgan fingerprint density at radius 1 is 1.42 bits per heavy atom. The fraction of sp³-hybridized carbons (Fsp3) is 0.250. The molecule has 6 nitrogen and oxygen atoms in total. The number of benzene rings is 1. The minimum absolute atomic E-state index is 0.0819. The molecule has 0 unspecified atom stereocenters. The van der Waals surface area contributed by atoms with E-state index in [0.717, 1.165) is 0 Å². The maximum absolute atomic E-state index is 13.3. The maximum Gasteiger partial charge on any atom is 0.328 e. The molecule has 1 aromatic heterocycles. The normalized spacial score (nSPS) is 10.4. The second kappa shape index (κ2) is 6.05. The van der Waals surface area contributed by atoms with E-state index in [2.05, 4.69) is 10.3 Å². The Bertz CT molecular complexity index is 570. The first kappa shape index (κ1) is 13.2. The molecule has 0 atom stereocenters. The van der Waals surface area contributed by atoms with Crippen molar-refractivity contribution in [1.82, 2.24) is 15.0 Å². The summed E-state index contributed by atoms with van der Waals surface area (Å²) in [6.07, 6.45) is 1.56. The highest BCUT2D eigenvalue weighted by atomic mass is 19.1. The number of hydrogen-bond donors (Lipinski definition) is 1. The molecule has 19 heavy (non-hydrogen) atoms. The van der Waals surface area contributed by atoms with Crippen LogP contribution in [0.3, 0.4) is 0 Å². The third-order valence-electron chi connectivity index (χ3n) is 2.43. The van der Waals surface area contributed by atoms with Crippen molar-refractivity contribution in [3.05, 3.63) is 47.5 Å². The minimum Gasteiger partial charge on any atom is -0.459 e. The second-order valence-corrected chi connectivity index (χ2v) is 3.86. The van der Waals surface area contributed by atoms with Gasteiger partial charge < -0.3 is 10.5 Å². The van der Waals surface area contributed by atoms with Gasteiger partial charge in [-0.3, -0.25) is 4.79 Å². The van der Waals surface area contributed by atoms with Gasteiger partial charge in [0.15, 0.2) is 0 Å². The molecule has 0 saturated carbocycles. The van der Waals surface area contributed by atoms with E-state index in [9.17, 15) is 9.18 Å². The van der Waals surface area contributed by atoms with E-state index in [4.69, 9.17) is 10.5 Å². The van der Waals surface area contributed by atoms with E-state index in [1.54, 1.807) is 24.4 Å². The fourth-order valence-corrected chi connectivity index (χ4v) is 1.46. The SMILES string of the molecule is NCc1cn(CC(=O)OCc2ccccc2F)nn1. The molecule has 0 fully saturated rings.